The topological polar surface area (TPSA) is 121 Å². The molecule has 3 aromatic rings. The summed E-state index contributed by atoms with van der Waals surface area (Å²) in [7, 11) is -3.92. The van der Waals surface area contributed by atoms with Crippen molar-refractivity contribution in [2.24, 2.45) is 5.10 Å². The Hall–Kier alpha value is -3.18. The molecule has 0 aliphatic carbocycles. The first kappa shape index (κ1) is 27.4. The standard InChI is InChI=1S/C24H24Cl2N4O5S/c1-16(2)28-23(31)24(32)29-27-13-20-9-10-21(35-20)15-30(14-17-3-5-18(25)6-4-17)36(33,34)22-11-7-19(26)8-12-22/h3-13,16H,14-15H2,1-2H3,(H,28,31)(H,29,32)/b27-13+. The van der Waals surface area contributed by atoms with Crippen LogP contribution in [0, 0.1) is 0 Å². The summed E-state index contributed by atoms with van der Waals surface area (Å²) in [4.78, 5) is 23.4. The quantitative estimate of drug-likeness (QED) is 0.237. The largest absolute Gasteiger partial charge is 0.459 e. The number of furan rings is 1. The monoisotopic (exact) mass is 550 g/mol. The highest BCUT2D eigenvalue weighted by Crippen LogP contribution is 2.24. The molecule has 9 nitrogen and oxygen atoms in total. The second-order valence-electron chi connectivity index (χ2n) is 7.98. The van der Waals surface area contributed by atoms with Crippen molar-refractivity contribution in [1.29, 1.82) is 0 Å². The van der Waals surface area contributed by atoms with Gasteiger partial charge in [0, 0.05) is 22.6 Å². The predicted octanol–water partition coefficient (Wildman–Crippen LogP) is 3.95. The van der Waals surface area contributed by atoms with Gasteiger partial charge in [0.2, 0.25) is 10.0 Å². The smallest absolute Gasteiger partial charge is 0.329 e. The van der Waals surface area contributed by atoms with Crippen LogP contribution in [0.25, 0.3) is 0 Å². The molecule has 190 valence electrons. The van der Waals surface area contributed by atoms with Crippen molar-refractivity contribution >= 4 is 51.3 Å². The van der Waals surface area contributed by atoms with E-state index in [1.165, 1.54) is 34.8 Å². The molecular weight excluding hydrogens is 527 g/mol. The number of nitrogens with one attached hydrogen (secondary N) is 2. The first-order chi connectivity index (χ1) is 17.0. The lowest BCUT2D eigenvalue weighted by Crippen LogP contribution is -2.41. The molecule has 0 saturated carbocycles. The molecule has 12 heteroatoms. The molecule has 0 fully saturated rings. The highest BCUT2D eigenvalue weighted by atomic mass is 35.5. The molecule has 2 aromatic carbocycles. The molecule has 0 aliphatic heterocycles. The van der Waals surface area contributed by atoms with Crippen LogP contribution in [0.1, 0.15) is 30.9 Å². The molecule has 0 radical (unpaired) electrons. The molecular formula is C24H24Cl2N4O5S. The van der Waals surface area contributed by atoms with Crippen LogP contribution in [0.5, 0.6) is 0 Å². The summed E-state index contributed by atoms with van der Waals surface area (Å²) in [6.45, 7) is 3.43. The Balaban J connectivity index is 1.77. The molecule has 0 aliphatic rings. The van der Waals surface area contributed by atoms with E-state index in [-0.39, 0.29) is 29.8 Å². The van der Waals surface area contributed by atoms with E-state index in [0.717, 1.165) is 5.56 Å². The number of amides is 2. The molecule has 0 atom stereocenters. The van der Waals surface area contributed by atoms with Crippen molar-refractivity contribution in [3.05, 3.63) is 87.8 Å². The van der Waals surface area contributed by atoms with Gasteiger partial charge in [-0.3, -0.25) is 9.59 Å². The van der Waals surface area contributed by atoms with Gasteiger partial charge in [-0.2, -0.15) is 9.41 Å². The molecule has 2 N–H and O–H groups in total. The number of hydrazone groups is 1. The maximum absolute atomic E-state index is 13.4. The Labute approximate surface area is 219 Å². The number of halogens is 2. The zero-order valence-electron chi connectivity index (χ0n) is 19.4. The predicted molar refractivity (Wildman–Crippen MR) is 137 cm³/mol. The highest BCUT2D eigenvalue weighted by Gasteiger charge is 2.26. The average Bonchev–Trinajstić information content (AvgIpc) is 3.27. The molecule has 0 bridgehead atoms. The third kappa shape index (κ3) is 7.66. The normalized spacial score (nSPS) is 11.8. The van der Waals surface area contributed by atoms with Gasteiger partial charge in [0.15, 0.2) is 0 Å². The summed E-state index contributed by atoms with van der Waals surface area (Å²) in [5.41, 5.74) is 2.83. The van der Waals surface area contributed by atoms with Crippen LogP contribution in [0.15, 0.2) is 75.1 Å². The minimum absolute atomic E-state index is 0.0628. The lowest BCUT2D eigenvalue weighted by Gasteiger charge is -2.21. The van der Waals surface area contributed by atoms with Crippen molar-refractivity contribution in [3.8, 4) is 0 Å². The summed E-state index contributed by atoms with van der Waals surface area (Å²) >= 11 is 11.9. The van der Waals surface area contributed by atoms with Crippen LogP contribution >= 0.6 is 23.2 Å². The summed E-state index contributed by atoms with van der Waals surface area (Å²) in [5, 5.41) is 7.11. The third-order valence-electron chi connectivity index (χ3n) is 4.72. The zero-order chi connectivity index (χ0) is 26.3. The summed E-state index contributed by atoms with van der Waals surface area (Å²) < 4.78 is 33.8. The summed E-state index contributed by atoms with van der Waals surface area (Å²) in [6.07, 6.45) is 1.21. The van der Waals surface area contributed by atoms with Crippen molar-refractivity contribution in [3.63, 3.8) is 0 Å². The van der Waals surface area contributed by atoms with Gasteiger partial charge in [0.25, 0.3) is 0 Å². The van der Waals surface area contributed by atoms with E-state index in [2.05, 4.69) is 15.8 Å². The van der Waals surface area contributed by atoms with Crippen molar-refractivity contribution in [2.45, 2.75) is 37.9 Å². The van der Waals surface area contributed by atoms with E-state index in [0.29, 0.717) is 15.8 Å². The number of hydrogen-bond acceptors (Lipinski definition) is 6. The zero-order valence-corrected chi connectivity index (χ0v) is 21.8. The highest BCUT2D eigenvalue weighted by molar-refractivity contribution is 7.89. The molecule has 3 rings (SSSR count). The van der Waals surface area contributed by atoms with E-state index >= 15 is 0 Å². The molecule has 0 saturated heterocycles. The number of carbonyl (C=O) groups is 2. The Bertz CT molecular complexity index is 1340. The van der Waals surface area contributed by atoms with Gasteiger partial charge in [-0.05, 0) is 67.9 Å². The molecule has 1 heterocycles. The number of sulfonamides is 1. The van der Waals surface area contributed by atoms with Crippen LogP contribution in [0.3, 0.4) is 0 Å². The number of rotatable bonds is 9. The number of hydrogen-bond donors (Lipinski definition) is 2. The van der Waals surface area contributed by atoms with Gasteiger partial charge in [-0.1, -0.05) is 35.3 Å². The lowest BCUT2D eigenvalue weighted by atomic mass is 10.2. The molecule has 0 spiro atoms. The minimum atomic E-state index is -3.92. The fraction of sp³-hybridized carbons (Fsp3) is 0.208. The lowest BCUT2D eigenvalue weighted by molar-refractivity contribution is -0.139. The second kappa shape index (κ2) is 12.2. The maximum Gasteiger partial charge on any atom is 0.329 e. The number of carbonyl (C=O) groups excluding carboxylic acids is 2. The van der Waals surface area contributed by atoms with E-state index in [1.54, 1.807) is 50.2 Å². The Morgan fingerprint density at radius 2 is 1.56 bits per heavy atom. The van der Waals surface area contributed by atoms with Crippen LogP contribution in [0.2, 0.25) is 10.0 Å². The van der Waals surface area contributed by atoms with E-state index in [4.69, 9.17) is 27.6 Å². The number of nitrogens with zero attached hydrogens (tertiary/aromatic N) is 2. The van der Waals surface area contributed by atoms with Crippen molar-refractivity contribution in [1.82, 2.24) is 15.0 Å². The van der Waals surface area contributed by atoms with Crippen LogP contribution in [-0.4, -0.2) is 36.8 Å². The van der Waals surface area contributed by atoms with Gasteiger partial charge in [-0.15, -0.1) is 0 Å². The average molecular weight is 551 g/mol. The van der Waals surface area contributed by atoms with E-state index in [9.17, 15) is 18.0 Å². The summed E-state index contributed by atoms with van der Waals surface area (Å²) in [5.74, 6) is -1.14. The van der Waals surface area contributed by atoms with Gasteiger partial charge < -0.3 is 9.73 Å². The van der Waals surface area contributed by atoms with Crippen molar-refractivity contribution < 1.29 is 22.4 Å². The molecule has 2 amide bonds. The fourth-order valence-corrected chi connectivity index (χ4v) is 4.68. The molecule has 0 unspecified atom stereocenters. The summed E-state index contributed by atoms with van der Waals surface area (Å²) in [6, 6.07) is 15.7. The fourth-order valence-electron chi connectivity index (χ4n) is 3.03. The second-order valence-corrected chi connectivity index (χ2v) is 10.8. The van der Waals surface area contributed by atoms with Gasteiger partial charge >= 0.3 is 11.8 Å². The van der Waals surface area contributed by atoms with Crippen LogP contribution in [0.4, 0.5) is 0 Å². The third-order valence-corrected chi connectivity index (χ3v) is 7.03. The van der Waals surface area contributed by atoms with Gasteiger partial charge in [-0.25, -0.2) is 13.8 Å². The van der Waals surface area contributed by atoms with Gasteiger partial charge in [0.05, 0.1) is 17.7 Å². The van der Waals surface area contributed by atoms with Crippen LogP contribution in [-0.2, 0) is 32.7 Å². The van der Waals surface area contributed by atoms with Crippen molar-refractivity contribution in [2.75, 3.05) is 0 Å². The maximum atomic E-state index is 13.4. The number of benzene rings is 2. The Morgan fingerprint density at radius 1 is 0.944 bits per heavy atom. The van der Waals surface area contributed by atoms with E-state index in [1.807, 2.05) is 0 Å². The minimum Gasteiger partial charge on any atom is -0.459 e. The Morgan fingerprint density at radius 3 is 2.17 bits per heavy atom. The Kier molecular flexibility index (Phi) is 9.27. The SMILES string of the molecule is CC(C)NC(=O)C(=O)N/N=C/c1ccc(CN(Cc2ccc(Cl)cc2)S(=O)(=O)c2ccc(Cl)cc2)o1. The van der Waals surface area contributed by atoms with Crippen LogP contribution < -0.4 is 10.7 Å². The van der Waals surface area contributed by atoms with E-state index < -0.39 is 21.8 Å². The van der Waals surface area contributed by atoms with Gasteiger partial charge in [0.1, 0.15) is 11.5 Å². The molecule has 1 aromatic heterocycles. The first-order valence-corrected chi connectivity index (χ1v) is 13.0. The molecule has 36 heavy (non-hydrogen) atoms. The first-order valence-electron chi connectivity index (χ1n) is 10.8.